The Balaban J connectivity index is 6.64. The molecule has 0 amide bonds. The first kappa shape index (κ1) is 29.1. The van der Waals surface area contributed by atoms with Crippen LogP contribution in [0.25, 0.3) is 0 Å². The van der Waals surface area contributed by atoms with Crippen LogP contribution in [0.2, 0.25) is 0 Å². The number of aliphatic carboxylic acids is 1. The molecule has 31 heavy (non-hydrogen) atoms. The number of rotatable bonds is 11. The van der Waals surface area contributed by atoms with E-state index in [0.717, 1.165) is 0 Å². The lowest BCUT2D eigenvalue weighted by atomic mass is 9.88. The lowest BCUT2D eigenvalue weighted by Gasteiger charge is -2.42. The van der Waals surface area contributed by atoms with Crippen molar-refractivity contribution in [2.24, 2.45) is 0 Å². The zero-order valence-corrected chi connectivity index (χ0v) is 14.2. The lowest BCUT2D eigenvalue weighted by molar-refractivity contribution is -0.456. The van der Waals surface area contributed by atoms with E-state index in [-0.39, 0.29) is 0 Å². The Labute approximate surface area is 161 Å². The molecule has 1 atom stereocenters. The molecule has 184 valence electrons. The molecule has 0 spiro atoms. The van der Waals surface area contributed by atoms with Crippen LogP contribution in [0.5, 0.6) is 0 Å². The Morgan fingerprint density at radius 3 is 1.42 bits per heavy atom. The van der Waals surface area contributed by atoms with E-state index >= 15 is 0 Å². The minimum Gasteiger partial charge on any atom is -0.481 e. The average Bonchev–Trinajstić information content (AvgIpc) is 2.56. The monoisotopic (exact) mass is 498 g/mol. The van der Waals surface area contributed by atoms with E-state index in [9.17, 15) is 70.7 Å². The summed E-state index contributed by atoms with van der Waals surface area (Å²) in [6.45, 7) is 1.45. The van der Waals surface area contributed by atoms with Crippen LogP contribution in [0.3, 0.4) is 0 Å². The smallest absolute Gasteiger partial charge is 0.460 e. The van der Waals surface area contributed by atoms with Crippen molar-refractivity contribution in [2.75, 3.05) is 6.61 Å². The van der Waals surface area contributed by atoms with Gasteiger partial charge in [-0.25, -0.2) is 0 Å². The minimum absolute atomic E-state index is 0.438. The molecule has 0 fully saturated rings. The van der Waals surface area contributed by atoms with E-state index in [4.69, 9.17) is 5.11 Å². The van der Waals surface area contributed by atoms with E-state index in [2.05, 4.69) is 11.3 Å². The zero-order valence-electron chi connectivity index (χ0n) is 14.2. The minimum atomic E-state index is -8.45. The maximum Gasteiger partial charge on any atom is 0.460 e. The lowest BCUT2D eigenvalue weighted by Crippen LogP contribution is -2.73. The van der Waals surface area contributed by atoms with Gasteiger partial charge in [0.1, 0.15) is 6.10 Å². The zero-order chi connectivity index (χ0) is 25.5. The summed E-state index contributed by atoms with van der Waals surface area (Å²) in [6.07, 6.45) is -13.6. The van der Waals surface area contributed by atoms with Gasteiger partial charge in [-0.2, -0.15) is 65.9 Å². The molecular weight excluding hydrogens is 489 g/mol. The van der Waals surface area contributed by atoms with Gasteiger partial charge in [-0.3, -0.25) is 4.79 Å². The summed E-state index contributed by atoms with van der Waals surface area (Å²) in [6, 6.07) is 0. The summed E-state index contributed by atoms with van der Waals surface area (Å²) in [5.74, 6) is -50.3. The molecular formula is C13H9F15O3. The molecule has 0 radical (unpaired) electrons. The SMILES string of the molecule is C=CCOC(CC(=O)O)C(F)(F)C(F)(F)C(F)(F)C(F)(F)C(F)(F)C(F)(F)C(F)(F)F. The first-order chi connectivity index (χ1) is 13.4. The van der Waals surface area contributed by atoms with Crippen molar-refractivity contribution in [3.63, 3.8) is 0 Å². The Morgan fingerprint density at radius 1 is 0.742 bits per heavy atom. The molecule has 0 aromatic rings. The van der Waals surface area contributed by atoms with E-state index in [0.29, 0.717) is 6.08 Å². The van der Waals surface area contributed by atoms with Crippen LogP contribution < -0.4 is 0 Å². The molecule has 0 rings (SSSR count). The van der Waals surface area contributed by atoms with Crippen LogP contribution in [0.4, 0.5) is 65.9 Å². The van der Waals surface area contributed by atoms with Gasteiger partial charge in [-0.05, 0) is 0 Å². The number of carboxylic acid groups (broad SMARTS) is 1. The van der Waals surface area contributed by atoms with Crippen molar-refractivity contribution >= 4 is 5.97 Å². The fourth-order valence-corrected chi connectivity index (χ4v) is 1.82. The topological polar surface area (TPSA) is 46.5 Å². The standard InChI is InChI=1S/C13H9F15O3/c1-2-3-31-5(4-6(29)30)7(14,15)8(16,17)9(18,19)10(20,21)11(22,23)12(24,25)13(26,27)28/h2,5H,1,3-4H2,(H,29,30). The largest absolute Gasteiger partial charge is 0.481 e. The van der Waals surface area contributed by atoms with Crippen LogP contribution in [-0.2, 0) is 9.53 Å². The number of hydrogen-bond donors (Lipinski definition) is 1. The molecule has 0 heterocycles. The molecule has 1 unspecified atom stereocenters. The molecule has 0 saturated carbocycles. The van der Waals surface area contributed by atoms with Crippen molar-refractivity contribution in [1.82, 2.24) is 0 Å². The quantitative estimate of drug-likeness (QED) is 0.307. The number of hydrogen-bond acceptors (Lipinski definition) is 2. The van der Waals surface area contributed by atoms with Gasteiger partial charge in [0, 0.05) is 0 Å². The van der Waals surface area contributed by atoms with E-state index in [1.165, 1.54) is 0 Å². The number of carbonyl (C=O) groups is 1. The summed E-state index contributed by atoms with van der Waals surface area (Å²) < 4.78 is 200. The fourth-order valence-electron chi connectivity index (χ4n) is 1.82. The van der Waals surface area contributed by atoms with Gasteiger partial charge in [-0.1, -0.05) is 6.08 Å². The maximum absolute atomic E-state index is 13.9. The van der Waals surface area contributed by atoms with E-state index in [1.54, 1.807) is 0 Å². The Morgan fingerprint density at radius 2 is 1.10 bits per heavy atom. The number of halogens is 15. The Bertz CT molecular complexity index is 668. The third kappa shape index (κ3) is 4.39. The highest BCUT2D eigenvalue weighted by molar-refractivity contribution is 5.67. The predicted octanol–water partition coefficient (Wildman–Crippen LogP) is 5.41. The molecule has 0 aromatic carbocycles. The number of alkyl halides is 15. The summed E-state index contributed by atoms with van der Waals surface area (Å²) in [7, 11) is 0. The molecule has 0 aliphatic rings. The maximum atomic E-state index is 13.9. The summed E-state index contributed by atoms with van der Waals surface area (Å²) in [5, 5.41) is 8.34. The molecule has 0 aliphatic carbocycles. The van der Waals surface area contributed by atoms with Crippen LogP contribution in [0.15, 0.2) is 12.7 Å². The van der Waals surface area contributed by atoms with Crippen molar-refractivity contribution in [2.45, 2.75) is 54.2 Å². The van der Waals surface area contributed by atoms with Crippen molar-refractivity contribution in [3.05, 3.63) is 12.7 Å². The Hall–Kier alpha value is -1.88. The number of carboxylic acids is 1. The Kier molecular flexibility index (Phi) is 7.73. The van der Waals surface area contributed by atoms with Gasteiger partial charge >= 0.3 is 47.7 Å². The van der Waals surface area contributed by atoms with Gasteiger partial charge in [0.05, 0.1) is 13.0 Å². The molecule has 18 heteroatoms. The fraction of sp³-hybridized carbons (Fsp3) is 0.769. The highest BCUT2D eigenvalue weighted by Crippen LogP contribution is 2.62. The summed E-state index contributed by atoms with van der Waals surface area (Å²) >= 11 is 0. The van der Waals surface area contributed by atoms with Crippen molar-refractivity contribution in [1.29, 1.82) is 0 Å². The first-order valence-electron chi connectivity index (χ1n) is 7.15. The van der Waals surface area contributed by atoms with Gasteiger partial charge in [0.2, 0.25) is 0 Å². The van der Waals surface area contributed by atoms with E-state index in [1.807, 2.05) is 0 Å². The second kappa shape index (κ2) is 8.23. The molecule has 3 nitrogen and oxygen atoms in total. The molecule has 0 saturated heterocycles. The van der Waals surface area contributed by atoms with Crippen molar-refractivity contribution in [3.8, 4) is 0 Å². The average molecular weight is 498 g/mol. The molecule has 0 bridgehead atoms. The first-order valence-corrected chi connectivity index (χ1v) is 7.15. The third-order valence-corrected chi connectivity index (χ3v) is 3.53. The summed E-state index contributed by atoms with van der Waals surface area (Å²) in [4.78, 5) is 10.4. The van der Waals surface area contributed by atoms with Crippen LogP contribution in [-0.4, -0.2) is 65.5 Å². The molecule has 0 aromatic heterocycles. The van der Waals surface area contributed by atoms with Gasteiger partial charge in [0.25, 0.3) is 0 Å². The van der Waals surface area contributed by atoms with Crippen molar-refractivity contribution < 1.29 is 80.5 Å². The third-order valence-electron chi connectivity index (χ3n) is 3.53. The van der Waals surface area contributed by atoms with Gasteiger partial charge < -0.3 is 9.84 Å². The summed E-state index contributed by atoms with van der Waals surface area (Å²) in [5.41, 5.74) is 0. The second-order valence-electron chi connectivity index (χ2n) is 5.70. The molecule has 0 aliphatic heterocycles. The second-order valence-corrected chi connectivity index (χ2v) is 5.70. The van der Waals surface area contributed by atoms with E-state index < -0.39 is 66.8 Å². The number of ether oxygens (including phenoxy) is 1. The normalized spacial score (nSPS) is 16.2. The highest BCUT2D eigenvalue weighted by atomic mass is 19.4. The molecule has 1 N–H and O–H groups in total. The van der Waals surface area contributed by atoms with Gasteiger partial charge in [0.15, 0.2) is 0 Å². The predicted molar refractivity (Wildman–Crippen MR) is 67.9 cm³/mol. The van der Waals surface area contributed by atoms with Crippen LogP contribution >= 0.6 is 0 Å². The van der Waals surface area contributed by atoms with Gasteiger partial charge in [-0.15, -0.1) is 6.58 Å². The highest BCUT2D eigenvalue weighted by Gasteiger charge is 2.93. The van der Waals surface area contributed by atoms with Crippen LogP contribution in [0, 0.1) is 0 Å². The van der Waals surface area contributed by atoms with Crippen LogP contribution in [0.1, 0.15) is 6.42 Å².